The Labute approximate surface area is 95.3 Å². The number of hydrogen-bond acceptors (Lipinski definition) is 5. The zero-order chi connectivity index (χ0) is 12.1. The van der Waals surface area contributed by atoms with E-state index in [4.69, 9.17) is 20.7 Å². The first kappa shape index (κ1) is 12.6. The predicted molar refractivity (Wildman–Crippen MR) is 56.1 cm³/mol. The lowest BCUT2D eigenvalue weighted by molar-refractivity contribution is -0.159. The van der Waals surface area contributed by atoms with Gasteiger partial charge in [0, 0.05) is 0 Å². The van der Waals surface area contributed by atoms with Crippen molar-refractivity contribution < 1.29 is 24.5 Å². The van der Waals surface area contributed by atoms with Crippen molar-refractivity contribution in [2.75, 3.05) is 0 Å². The maximum Gasteiger partial charge on any atom is 0.335 e. The Kier molecular flexibility index (Phi) is 4.41. The van der Waals surface area contributed by atoms with Crippen molar-refractivity contribution in [3.05, 3.63) is 22.4 Å². The van der Waals surface area contributed by atoms with Crippen LogP contribution in [0.3, 0.4) is 0 Å². The second-order valence-corrected chi connectivity index (χ2v) is 3.85. The molecule has 0 saturated heterocycles. The van der Waals surface area contributed by atoms with Crippen LogP contribution in [-0.2, 0) is 20.9 Å². The Morgan fingerprint density at radius 1 is 1.44 bits per heavy atom. The van der Waals surface area contributed by atoms with Crippen molar-refractivity contribution in [1.29, 1.82) is 0 Å². The molecule has 2 atom stereocenters. The molecule has 6 nitrogen and oxygen atoms in total. The van der Waals surface area contributed by atoms with Gasteiger partial charge in [0.2, 0.25) is 0 Å². The van der Waals surface area contributed by atoms with Crippen molar-refractivity contribution in [3.8, 4) is 0 Å². The average molecular weight is 245 g/mol. The molecule has 0 spiro atoms. The molecule has 0 aromatic carbocycles. The molecular formula is C9H11NO5S. The highest BCUT2D eigenvalue weighted by Crippen LogP contribution is 2.10. The van der Waals surface area contributed by atoms with Crippen LogP contribution in [-0.4, -0.2) is 34.3 Å². The van der Waals surface area contributed by atoms with Gasteiger partial charge in [-0.1, -0.05) is 0 Å². The third-order valence-electron chi connectivity index (χ3n) is 1.86. The standard InChI is InChI=1S/C9H11NO5S/c10-6(8(11)12)7(9(13)14)15-3-5-1-2-16-4-5/h1-2,4,6-7H,3,10H2,(H,11,12)(H,13,14)/t6-,7-/m0/s1. The van der Waals surface area contributed by atoms with E-state index in [1.165, 1.54) is 11.3 Å². The van der Waals surface area contributed by atoms with Gasteiger partial charge in [-0.2, -0.15) is 11.3 Å². The van der Waals surface area contributed by atoms with Crippen LogP contribution in [0.4, 0.5) is 0 Å². The average Bonchev–Trinajstić information content (AvgIpc) is 2.69. The Balaban J connectivity index is 2.58. The SMILES string of the molecule is N[C@H](C(=O)O)[C@H](OCc1ccsc1)C(=O)O. The number of carboxylic acid groups (broad SMARTS) is 2. The summed E-state index contributed by atoms with van der Waals surface area (Å²) in [5.74, 6) is -2.79. The lowest BCUT2D eigenvalue weighted by Gasteiger charge is -2.16. The van der Waals surface area contributed by atoms with Crippen molar-refractivity contribution in [2.24, 2.45) is 5.73 Å². The summed E-state index contributed by atoms with van der Waals surface area (Å²) in [5, 5.41) is 20.9. The van der Waals surface area contributed by atoms with Crippen LogP contribution in [0, 0.1) is 0 Å². The third kappa shape index (κ3) is 3.30. The van der Waals surface area contributed by atoms with Gasteiger partial charge in [-0.25, -0.2) is 4.79 Å². The van der Waals surface area contributed by atoms with Crippen LogP contribution in [0.25, 0.3) is 0 Å². The largest absolute Gasteiger partial charge is 0.480 e. The molecule has 0 radical (unpaired) electrons. The second-order valence-electron chi connectivity index (χ2n) is 3.07. The molecule has 0 unspecified atom stereocenters. The first-order chi connectivity index (χ1) is 7.52. The molecule has 0 bridgehead atoms. The van der Waals surface area contributed by atoms with Crippen molar-refractivity contribution in [2.45, 2.75) is 18.8 Å². The van der Waals surface area contributed by atoms with Crippen molar-refractivity contribution in [3.63, 3.8) is 0 Å². The lowest BCUT2D eigenvalue weighted by atomic mass is 10.2. The minimum absolute atomic E-state index is 0.0292. The number of nitrogens with two attached hydrogens (primary N) is 1. The molecule has 1 heterocycles. The summed E-state index contributed by atoms with van der Waals surface area (Å²) in [4.78, 5) is 21.3. The molecule has 1 aromatic rings. The monoisotopic (exact) mass is 245 g/mol. The Morgan fingerprint density at radius 2 is 2.12 bits per heavy atom. The summed E-state index contributed by atoms with van der Waals surface area (Å²) in [6.45, 7) is 0.0292. The van der Waals surface area contributed by atoms with E-state index in [0.717, 1.165) is 5.56 Å². The number of hydrogen-bond donors (Lipinski definition) is 3. The van der Waals surface area contributed by atoms with Gasteiger partial charge in [0.25, 0.3) is 0 Å². The van der Waals surface area contributed by atoms with Crippen LogP contribution < -0.4 is 5.73 Å². The molecular weight excluding hydrogens is 234 g/mol. The summed E-state index contributed by atoms with van der Waals surface area (Å²) < 4.78 is 4.97. The van der Waals surface area contributed by atoms with E-state index in [2.05, 4.69) is 0 Å². The van der Waals surface area contributed by atoms with E-state index in [1.54, 1.807) is 11.4 Å². The van der Waals surface area contributed by atoms with Crippen LogP contribution in [0.5, 0.6) is 0 Å². The minimum atomic E-state index is -1.57. The highest BCUT2D eigenvalue weighted by molar-refractivity contribution is 7.07. The van der Waals surface area contributed by atoms with Gasteiger partial charge in [0.15, 0.2) is 6.10 Å². The zero-order valence-corrected chi connectivity index (χ0v) is 9.02. The number of thiophene rings is 1. The number of aliphatic carboxylic acids is 2. The van der Waals surface area contributed by atoms with Gasteiger partial charge in [-0.3, -0.25) is 4.79 Å². The molecule has 0 aliphatic rings. The predicted octanol–water partition coefficient (Wildman–Crippen LogP) is 0.130. The normalized spacial score (nSPS) is 14.3. The van der Waals surface area contributed by atoms with Crippen LogP contribution >= 0.6 is 11.3 Å². The summed E-state index contributed by atoms with van der Waals surface area (Å²) in [5.41, 5.74) is 5.98. The van der Waals surface area contributed by atoms with Gasteiger partial charge < -0.3 is 20.7 Å². The number of carbonyl (C=O) groups is 2. The first-order valence-corrected chi connectivity index (χ1v) is 5.30. The molecule has 1 rings (SSSR count). The smallest absolute Gasteiger partial charge is 0.335 e. The first-order valence-electron chi connectivity index (χ1n) is 4.36. The molecule has 0 aliphatic heterocycles. The molecule has 7 heteroatoms. The Morgan fingerprint density at radius 3 is 2.56 bits per heavy atom. The fraction of sp³-hybridized carbons (Fsp3) is 0.333. The number of ether oxygens (including phenoxy) is 1. The Hall–Kier alpha value is -1.44. The molecule has 0 fully saturated rings. The fourth-order valence-electron chi connectivity index (χ4n) is 1.02. The van der Waals surface area contributed by atoms with Gasteiger partial charge in [-0.05, 0) is 22.4 Å². The van der Waals surface area contributed by atoms with Gasteiger partial charge >= 0.3 is 11.9 Å². The summed E-state index contributed by atoms with van der Waals surface area (Å²) >= 11 is 1.44. The summed E-state index contributed by atoms with van der Waals surface area (Å²) in [6.07, 6.45) is -1.54. The maximum absolute atomic E-state index is 10.7. The fourth-order valence-corrected chi connectivity index (χ4v) is 1.67. The van der Waals surface area contributed by atoms with E-state index in [-0.39, 0.29) is 6.61 Å². The van der Waals surface area contributed by atoms with Crippen LogP contribution in [0.1, 0.15) is 5.56 Å². The Bertz CT molecular complexity index is 364. The van der Waals surface area contributed by atoms with Crippen LogP contribution in [0.15, 0.2) is 16.8 Å². The molecule has 0 saturated carbocycles. The molecule has 4 N–H and O–H groups in total. The third-order valence-corrected chi connectivity index (χ3v) is 2.60. The molecule has 88 valence electrons. The van der Waals surface area contributed by atoms with E-state index >= 15 is 0 Å². The maximum atomic E-state index is 10.7. The van der Waals surface area contributed by atoms with Crippen molar-refractivity contribution in [1.82, 2.24) is 0 Å². The van der Waals surface area contributed by atoms with E-state index in [0.29, 0.717) is 0 Å². The van der Waals surface area contributed by atoms with E-state index < -0.39 is 24.1 Å². The topological polar surface area (TPSA) is 110 Å². The molecule has 1 aromatic heterocycles. The van der Waals surface area contributed by atoms with Gasteiger partial charge in [-0.15, -0.1) is 0 Å². The second kappa shape index (κ2) is 5.59. The van der Waals surface area contributed by atoms with Gasteiger partial charge in [0.1, 0.15) is 6.04 Å². The van der Waals surface area contributed by atoms with Crippen LogP contribution in [0.2, 0.25) is 0 Å². The van der Waals surface area contributed by atoms with E-state index in [1.807, 2.05) is 5.38 Å². The van der Waals surface area contributed by atoms with Gasteiger partial charge in [0.05, 0.1) is 6.61 Å². The summed E-state index contributed by atoms with van der Waals surface area (Å²) in [7, 11) is 0. The highest BCUT2D eigenvalue weighted by Gasteiger charge is 2.31. The minimum Gasteiger partial charge on any atom is -0.480 e. The number of carboxylic acids is 2. The molecule has 0 aliphatic carbocycles. The molecule has 0 amide bonds. The molecule has 16 heavy (non-hydrogen) atoms. The quantitative estimate of drug-likeness (QED) is 0.657. The van der Waals surface area contributed by atoms with E-state index in [9.17, 15) is 9.59 Å². The lowest BCUT2D eigenvalue weighted by Crippen LogP contribution is -2.47. The zero-order valence-electron chi connectivity index (χ0n) is 8.20. The highest BCUT2D eigenvalue weighted by atomic mass is 32.1. The number of rotatable bonds is 6. The van der Waals surface area contributed by atoms with Crippen molar-refractivity contribution >= 4 is 23.3 Å². The summed E-state index contributed by atoms with van der Waals surface area (Å²) in [6, 6.07) is 0.187.